The molecule has 0 spiro atoms. The zero-order chi connectivity index (χ0) is 22.0. The normalized spacial score (nSPS) is 20.9. The van der Waals surface area contributed by atoms with Gasteiger partial charge in [-0.15, -0.1) is 0 Å². The van der Waals surface area contributed by atoms with Crippen LogP contribution in [0.25, 0.3) is 0 Å². The summed E-state index contributed by atoms with van der Waals surface area (Å²) in [4.78, 5) is 17.6. The van der Waals surface area contributed by atoms with Crippen molar-refractivity contribution in [3.63, 3.8) is 0 Å². The van der Waals surface area contributed by atoms with Gasteiger partial charge in [0.2, 0.25) is 0 Å². The zero-order valence-electron chi connectivity index (χ0n) is 17.9. The average molecular weight is 463 g/mol. The van der Waals surface area contributed by atoms with E-state index in [1.54, 1.807) is 25.3 Å². The molecule has 1 amide bonds. The molecule has 2 aliphatic rings. The molecule has 4 rings (SSSR count). The summed E-state index contributed by atoms with van der Waals surface area (Å²) in [5, 5.41) is 0.862. The molecule has 1 heterocycles. The number of amides is 1. The number of nitrogens with zero attached hydrogens (tertiary/aromatic N) is 2. The minimum Gasteiger partial charge on any atom is -0.496 e. The largest absolute Gasteiger partial charge is 0.496 e. The quantitative estimate of drug-likeness (QED) is 0.606. The Kier molecular flexibility index (Phi) is 6.95. The number of likely N-dealkylation sites (N-methyl/N-ethyl adjacent to an activating group) is 1. The second-order valence-electron chi connectivity index (χ2n) is 8.19. The Morgan fingerprint density at radius 2 is 1.94 bits per heavy atom. The predicted molar refractivity (Wildman–Crippen MR) is 123 cm³/mol. The number of ether oxygens (including phenoxy) is 2. The summed E-state index contributed by atoms with van der Waals surface area (Å²) in [6.45, 7) is 2.11. The van der Waals surface area contributed by atoms with Crippen LogP contribution in [0.2, 0.25) is 10.0 Å². The summed E-state index contributed by atoms with van der Waals surface area (Å²) in [6.07, 6.45) is 4.39. The molecule has 0 unspecified atom stereocenters. The minimum absolute atomic E-state index is 0.0399. The number of carbonyl (C=O) groups is 1. The zero-order valence-corrected chi connectivity index (χ0v) is 19.5. The third kappa shape index (κ3) is 4.64. The molecule has 7 heteroatoms. The lowest BCUT2D eigenvalue weighted by atomic mass is 9.82. The molecule has 0 N–H and O–H groups in total. The highest BCUT2D eigenvalue weighted by molar-refractivity contribution is 6.42. The number of hydrogen-bond acceptors (Lipinski definition) is 4. The Labute approximate surface area is 193 Å². The van der Waals surface area contributed by atoms with E-state index in [1.807, 2.05) is 24.1 Å². The number of halogens is 2. The van der Waals surface area contributed by atoms with Gasteiger partial charge in [-0.2, -0.15) is 0 Å². The fourth-order valence-corrected chi connectivity index (χ4v) is 5.15. The van der Waals surface area contributed by atoms with Gasteiger partial charge in [0, 0.05) is 19.2 Å². The number of hydrogen-bond donors (Lipinski definition) is 0. The van der Waals surface area contributed by atoms with Crippen molar-refractivity contribution in [2.45, 2.75) is 37.8 Å². The van der Waals surface area contributed by atoms with Crippen LogP contribution in [-0.2, 0) is 11.2 Å². The van der Waals surface area contributed by atoms with Gasteiger partial charge in [-0.25, -0.2) is 0 Å². The molecule has 0 radical (unpaired) electrons. The van der Waals surface area contributed by atoms with Gasteiger partial charge in [-0.05, 0) is 68.1 Å². The molecule has 1 aliphatic heterocycles. The summed E-state index contributed by atoms with van der Waals surface area (Å²) in [7, 11) is 3.58. The molecule has 2 atom stereocenters. The molecule has 166 valence electrons. The van der Waals surface area contributed by atoms with Gasteiger partial charge in [0.15, 0.2) is 6.61 Å². The Bertz CT molecular complexity index is 946. The van der Waals surface area contributed by atoms with Gasteiger partial charge in [0.1, 0.15) is 11.5 Å². The number of likely N-dealkylation sites (tertiary alicyclic amines) is 1. The van der Waals surface area contributed by atoms with Crippen molar-refractivity contribution in [3.8, 4) is 11.5 Å². The van der Waals surface area contributed by atoms with Crippen LogP contribution < -0.4 is 9.47 Å². The van der Waals surface area contributed by atoms with Crippen molar-refractivity contribution >= 4 is 29.1 Å². The maximum Gasteiger partial charge on any atom is 0.260 e. The van der Waals surface area contributed by atoms with Crippen LogP contribution >= 0.6 is 23.2 Å². The summed E-state index contributed by atoms with van der Waals surface area (Å²) >= 11 is 12.0. The van der Waals surface area contributed by atoms with Crippen molar-refractivity contribution in [2.75, 3.05) is 33.9 Å². The third-order valence-electron chi connectivity index (χ3n) is 6.44. The van der Waals surface area contributed by atoms with Crippen LogP contribution in [0.3, 0.4) is 0 Å². The van der Waals surface area contributed by atoms with E-state index in [-0.39, 0.29) is 18.6 Å². The first-order valence-corrected chi connectivity index (χ1v) is 11.5. The first-order valence-electron chi connectivity index (χ1n) is 10.7. The molecule has 0 bridgehead atoms. The van der Waals surface area contributed by atoms with Gasteiger partial charge in [-0.3, -0.25) is 9.69 Å². The van der Waals surface area contributed by atoms with Crippen molar-refractivity contribution in [2.24, 2.45) is 0 Å². The lowest BCUT2D eigenvalue weighted by Crippen LogP contribution is -2.49. The van der Waals surface area contributed by atoms with Gasteiger partial charge < -0.3 is 14.4 Å². The summed E-state index contributed by atoms with van der Waals surface area (Å²) in [5.74, 6) is 1.35. The molecule has 0 saturated carbocycles. The number of rotatable bonds is 6. The van der Waals surface area contributed by atoms with Crippen LogP contribution in [0.1, 0.15) is 36.4 Å². The van der Waals surface area contributed by atoms with E-state index in [9.17, 15) is 4.79 Å². The van der Waals surface area contributed by atoms with Crippen LogP contribution in [0, 0.1) is 0 Å². The van der Waals surface area contributed by atoms with E-state index in [1.165, 1.54) is 24.0 Å². The van der Waals surface area contributed by atoms with Crippen molar-refractivity contribution in [3.05, 3.63) is 57.6 Å². The van der Waals surface area contributed by atoms with Gasteiger partial charge in [-0.1, -0.05) is 35.3 Å². The topological polar surface area (TPSA) is 42.0 Å². The smallest absolute Gasteiger partial charge is 0.260 e. The highest BCUT2D eigenvalue weighted by Crippen LogP contribution is 2.41. The maximum atomic E-state index is 13.2. The molecule has 5 nitrogen and oxygen atoms in total. The molecule has 31 heavy (non-hydrogen) atoms. The van der Waals surface area contributed by atoms with Crippen molar-refractivity contribution in [1.82, 2.24) is 9.80 Å². The van der Waals surface area contributed by atoms with Crippen molar-refractivity contribution < 1.29 is 14.3 Å². The van der Waals surface area contributed by atoms with E-state index in [2.05, 4.69) is 11.0 Å². The standard InChI is InChI=1S/C24H28Cl2N2O3/c1-27(23(29)15-31-16-8-10-19(25)20(26)14-16)24-18-6-5-7-22(30-2)17(18)9-11-21(24)28-12-3-4-13-28/h5-8,10,14,21,24H,3-4,9,11-13,15H2,1-2H3/t21-,24-/m0/s1. The van der Waals surface area contributed by atoms with E-state index in [0.29, 0.717) is 21.8 Å². The number of benzene rings is 2. The van der Waals surface area contributed by atoms with Crippen LogP contribution in [0.4, 0.5) is 0 Å². The second kappa shape index (κ2) is 9.68. The van der Waals surface area contributed by atoms with E-state index in [4.69, 9.17) is 32.7 Å². The Morgan fingerprint density at radius 3 is 2.65 bits per heavy atom. The molecule has 1 aliphatic carbocycles. The molecule has 1 fully saturated rings. The van der Waals surface area contributed by atoms with E-state index in [0.717, 1.165) is 31.7 Å². The molecular weight excluding hydrogens is 435 g/mol. The number of methoxy groups -OCH3 is 1. The van der Waals surface area contributed by atoms with Crippen LogP contribution in [0.15, 0.2) is 36.4 Å². The fourth-order valence-electron chi connectivity index (χ4n) is 4.87. The molecular formula is C24H28Cl2N2O3. The third-order valence-corrected chi connectivity index (χ3v) is 7.18. The predicted octanol–water partition coefficient (Wildman–Crippen LogP) is 4.99. The van der Waals surface area contributed by atoms with Gasteiger partial charge in [0.25, 0.3) is 5.91 Å². The molecule has 0 aromatic heterocycles. The Balaban J connectivity index is 1.57. The van der Waals surface area contributed by atoms with E-state index >= 15 is 0 Å². The average Bonchev–Trinajstić information content (AvgIpc) is 3.32. The highest BCUT2D eigenvalue weighted by Gasteiger charge is 2.39. The lowest BCUT2D eigenvalue weighted by Gasteiger charge is -2.43. The molecule has 2 aromatic rings. The summed E-state index contributed by atoms with van der Waals surface area (Å²) in [6, 6.07) is 11.4. The number of carbonyl (C=O) groups excluding carboxylic acids is 1. The highest BCUT2D eigenvalue weighted by atomic mass is 35.5. The van der Waals surface area contributed by atoms with Gasteiger partial charge >= 0.3 is 0 Å². The summed E-state index contributed by atoms with van der Waals surface area (Å²) < 4.78 is 11.4. The first-order chi connectivity index (χ1) is 15.0. The van der Waals surface area contributed by atoms with E-state index < -0.39 is 0 Å². The van der Waals surface area contributed by atoms with Gasteiger partial charge in [0.05, 0.1) is 23.2 Å². The first kappa shape index (κ1) is 22.3. The monoisotopic (exact) mass is 462 g/mol. The molecule has 2 aromatic carbocycles. The Morgan fingerprint density at radius 1 is 1.16 bits per heavy atom. The summed E-state index contributed by atoms with van der Waals surface area (Å²) in [5.41, 5.74) is 2.38. The maximum absolute atomic E-state index is 13.2. The molecule has 1 saturated heterocycles. The SMILES string of the molecule is COc1cccc2c1CC[C@H](N1CCCC1)[C@H]2N(C)C(=O)COc1ccc(Cl)c(Cl)c1. The van der Waals surface area contributed by atoms with Crippen LogP contribution in [-0.4, -0.2) is 55.6 Å². The fraction of sp³-hybridized carbons (Fsp3) is 0.458. The number of fused-ring (bicyclic) bond motifs is 1. The minimum atomic E-state index is -0.0732. The second-order valence-corrected chi connectivity index (χ2v) is 9.01. The van der Waals surface area contributed by atoms with Crippen LogP contribution in [0.5, 0.6) is 11.5 Å². The lowest BCUT2D eigenvalue weighted by molar-refractivity contribution is -0.136. The Hall–Kier alpha value is -1.95. The van der Waals surface area contributed by atoms with Crippen molar-refractivity contribution in [1.29, 1.82) is 0 Å².